The van der Waals surface area contributed by atoms with Crippen LogP contribution in [0.1, 0.15) is 29.6 Å². The summed E-state index contributed by atoms with van der Waals surface area (Å²) in [6.07, 6.45) is 0.286. The van der Waals surface area contributed by atoms with Crippen LogP contribution in [0, 0.1) is 0 Å². The Bertz CT molecular complexity index is 919. The molecule has 3 amide bonds. The Morgan fingerprint density at radius 3 is 2.23 bits per heavy atom. The Morgan fingerprint density at radius 1 is 0.833 bits per heavy atom. The van der Waals surface area contributed by atoms with Crippen molar-refractivity contribution in [3.63, 3.8) is 0 Å². The van der Waals surface area contributed by atoms with Crippen LogP contribution in [0.25, 0.3) is 0 Å². The van der Waals surface area contributed by atoms with Crippen molar-refractivity contribution in [1.82, 2.24) is 10.9 Å². The zero-order valence-electron chi connectivity index (χ0n) is 15.7. The van der Waals surface area contributed by atoms with Gasteiger partial charge in [0.05, 0.1) is 10.7 Å². The molecule has 0 aromatic heterocycles. The molecule has 10 heteroatoms. The van der Waals surface area contributed by atoms with E-state index in [1.807, 2.05) is 0 Å². The van der Waals surface area contributed by atoms with E-state index < -0.39 is 24.4 Å². The van der Waals surface area contributed by atoms with Gasteiger partial charge in [0.25, 0.3) is 11.8 Å². The number of carbonyl (C=O) groups excluding carboxylic acids is 4. The number of halogens is 2. The second-order valence-corrected chi connectivity index (χ2v) is 6.90. The number of esters is 1. The fourth-order valence-corrected chi connectivity index (χ4v) is 2.53. The van der Waals surface area contributed by atoms with Crippen LogP contribution in [-0.2, 0) is 19.1 Å². The van der Waals surface area contributed by atoms with Gasteiger partial charge in [-0.2, -0.15) is 0 Å². The molecule has 3 N–H and O–H groups in total. The topological polar surface area (TPSA) is 114 Å². The number of hydrazine groups is 1. The van der Waals surface area contributed by atoms with E-state index in [2.05, 4.69) is 16.2 Å². The summed E-state index contributed by atoms with van der Waals surface area (Å²) in [5.74, 6) is -2.18. The molecule has 0 fully saturated rings. The summed E-state index contributed by atoms with van der Waals surface area (Å²) >= 11 is 11.7. The molecule has 0 radical (unpaired) electrons. The molecule has 8 nitrogen and oxygen atoms in total. The number of benzene rings is 2. The number of amides is 3. The predicted molar refractivity (Wildman–Crippen MR) is 112 cm³/mol. The smallest absolute Gasteiger partial charge is 0.306 e. The fraction of sp³-hybridized carbons (Fsp3) is 0.200. The minimum Gasteiger partial charge on any atom is -0.455 e. The van der Waals surface area contributed by atoms with Crippen LogP contribution in [0.15, 0.2) is 48.5 Å². The normalized spacial score (nSPS) is 10.1. The molecule has 2 aromatic rings. The summed E-state index contributed by atoms with van der Waals surface area (Å²) in [5.41, 5.74) is 5.11. The van der Waals surface area contributed by atoms with Gasteiger partial charge in [0.2, 0.25) is 5.91 Å². The molecular formula is C20H19Cl2N3O5. The van der Waals surface area contributed by atoms with Gasteiger partial charge in [-0.15, -0.1) is 0 Å². The first-order valence-corrected chi connectivity index (χ1v) is 9.65. The average Bonchev–Trinajstić information content (AvgIpc) is 2.72. The molecular weight excluding hydrogens is 433 g/mol. The van der Waals surface area contributed by atoms with E-state index in [-0.39, 0.29) is 25.2 Å². The van der Waals surface area contributed by atoms with E-state index in [9.17, 15) is 19.2 Å². The fourth-order valence-electron chi connectivity index (χ4n) is 2.22. The van der Waals surface area contributed by atoms with Crippen molar-refractivity contribution in [3.8, 4) is 0 Å². The van der Waals surface area contributed by atoms with Crippen LogP contribution in [0.3, 0.4) is 0 Å². The third-order valence-corrected chi connectivity index (χ3v) is 4.30. The lowest BCUT2D eigenvalue weighted by Gasteiger charge is -2.09. The molecule has 0 unspecified atom stereocenters. The summed E-state index contributed by atoms with van der Waals surface area (Å²) < 4.78 is 4.80. The van der Waals surface area contributed by atoms with Gasteiger partial charge >= 0.3 is 5.97 Å². The third-order valence-electron chi connectivity index (χ3n) is 3.72. The van der Waals surface area contributed by atoms with E-state index in [0.717, 1.165) is 0 Å². The highest BCUT2D eigenvalue weighted by Gasteiger charge is 2.11. The first kappa shape index (κ1) is 23.2. The maximum atomic E-state index is 11.9. The van der Waals surface area contributed by atoms with E-state index in [1.165, 1.54) is 24.3 Å². The van der Waals surface area contributed by atoms with E-state index >= 15 is 0 Å². The summed E-state index contributed by atoms with van der Waals surface area (Å²) in [4.78, 5) is 47.0. The summed E-state index contributed by atoms with van der Waals surface area (Å²) in [6, 6.07) is 12.9. The average molecular weight is 452 g/mol. The summed E-state index contributed by atoms with van der Waals surface area (Å²) in [5, 5.41) is 3.54. The van der Waals surface area contributed by atoms with Gasteiger partial charge in [-0.3, -0.25) is 30.0 Å². The second-order valence-electron chi connectivity index (χ2n) is 6.05. The van der Waals surface area contributed by atoms with E-state index in [1.54, 1.807) is 24.3 Å². The molecule has 30 heavy (non-hydrogen) atoms. The van der Waals surface area contributed by atoms with Crippen LogP contribution in [-0.4, -0.2) is 30.3 Å². The number of nitrogens with one attached hydrogen (secondary N) is 3. The highest BCUT2D eigenvalue weighted by Crippen LogP contribution is 2.20. The van der Waals surface area contributed by atoms with Crippen LogP contribution in [0.2, 0.25) is 10.0 Å². The molecule has 0 bridgehead atoms. The summed E-state index contributed by atoms with van der Waals surface area (Å²) in [6.45, 7) is -0.564. The van der Waals surface area contributed by atoms with E-state index in [4.69, 9.17) is 27.9 Å². The van der Waals surface area contributed by atoms with Crippen LogP contribution < -0.4 is 16.2 Å². The molecule has 0 saturated carbocycles. The number of hydrogen-bond acceptors (Lipinski definition) is 5. The molecule has 0 spiro atoms. The van der Waals surface area contributed by atoms with Crippen LogP contribution in [0.4, 0.5) is 5.69 Å². The number of anilines is 1. The van der Waals surface area contributed by atoms with Gasteiger partial charge in [0.1, 0.15) is 0 Å². The molecule has 0 aliphatic heterocycles. The van der Waals surface area contributed by atoms with Crippen molar-refractivity contribution in [2.75, 3.05) is 11.9 Å². The Hall–Kier alpha value is -3.10. The highest BCUT2D eigenvalue weighted by molar-refractivity contribution is 6.33. The SMILES string of the molecule is O=C(COC(=O)CCCC(=O)Nc1ccccc1Cl)NNC(=O)c1ccc(Cl)cc1. The Balaban J connectivity index is 1.60. The van der Waals surface area contributed by atoms with Gasteiger partial charge in [-0.1, -0.05) is 35.3 Å². The molecule has 0 saturated heterocycles. The minimum absolute atomic E-state index is 0.0413. The lowest BCUT2D eigenvalue weighted by atomic mass is 10.2. The maximum Gasteiger partial charge on any atom is 0.306 e. The van der Waals surface area contributed by atoms with Gasteiger partial charge in [0.15, 0.2) is 6.61 Å². The lowest BCUT2D eigenvalue weighted by Crippen LogP contribution is -2.43. The Labute approximate surface area is 182 Å². The van der Waals surface area contributed by atoms with Crippen molar-refractivity contribution in [1.29, 1.82) is 0 Å². The third kappa shape index (κ3) is 8.10. The molecule has 0 heterocycles. The van der Waals surface area contributed by atoms with Crippen molar-refractivity contribution >= 4 is 52.6 Å². The first-order chi connectivity index (χ1) is 14.3. The van der Waals surface area contributed by atoms with Crippen molar-refractivity contribution in [2.45, 2.75) is 19.3 Å². The molecule has 2 rings (SSSR count). The standard InChI is InChI=1S/C20H19Cl2N3O5/c21-14-10-8-13(9-11-14)20(29)25-24-18(27)12-30-19(28)7-3-6-17(26)23-16-5-2-1-4-15(16)22/h1-2,4-5,8-11H,3,6-7,12H2,(H,23,26)(H,24,27)(H,25,29). The minimum atomic E-state index is -0.706. The molecule has 0 atom stereocenters. The number of rotatable bonds is 8. The number of hydrogen-bond donors (Lipinski definition) is 3. The summed E-state index contributed by atoms with van der Waals surface area (Å²) in [7, 11) is 0. The molecule has 158 valence electrons. The maximum absolute atomic E-state index is 11.9. The van der Waals surface area contributed by atoms with Crippen LogP contribution in [0.5, 0.6) is 0 Å². The van der Waals surface area contributed by atoms with Gasteiger partial charge < -0.3 is 10.1 Å². The monoisotopic (exact) mass is 451 g/mol. The molecule has 0 aliphatic carbocycles. The number of ether oxygens (including phenoxy) is 1. The van der Waals surface area contributed by atoms with Gasteiger partial charge in [-0.05, 0) is 42.8 Å². The zero-order chi connectivity index (χ0) is 21.9. The first-order valence-electron chi connectivity index (χ1n) is 8.90. The largest absolute Gasteiger partial charge is 0.455 e. The van der Waals surface area contributed by atoms with Crippen molar-refractivity contribution < 1.29 is 23.9 Å². The Kier molecular flexibility index (Phi) is 9.11. The lowest BCUT2D eigenvalue weighted by molar-refractivity contribution is -0.148. The zero-order valence-corrected chi connectivity index (χ0v) is 17.3. The highest BCUT2D eigenvalue weighted by atomic mass is 35.5. The molecule has 0 aliphatic rings. The van der Waals surface area contributed by atoms with Crippen molar-refractivity contribution in [3.05, 3.63) is 64.1 Å². The second kappa shape index (κ2) is 11.8. The predicted octanol–water partition coefficient (Wildman–Crippen LogP) is 3.11. The number of carbonyl (C=O) groups is 4. The quantitative estimate of drug-likeness (QED) is 0.421. The Morgan fingerprint density at radius 2 is 1.53 bits per heavy atom. The van der Waals surface area contributed by atoms with Crippen LogP contribution >= 0.6 is 23.2 Å². The molecule has 2 aromatic carbocycles. The van der Waals surface area contributed by atoms with E-state index in [0.29, 0.717) is 21.3 Å². The number of para-hydroxylation sites is 1. The van der Waals surface area contributed by atoms with Gasteiger partial charge in [0, 0.05) is 23.4 Å². The van der Waals surface area contributed by atoms with Gasteiger partial charge in [-0.25, -0.2) is 0 Å². The van der Waals surface area contributed by atoms with Crippen molar-refractivity contribution in [2.24, 2.45) is 0 Å².